The average molecular weight is 240 g/mol. The van der Waals surface area contributed by atoms with E-state index in [2.05, 4.69) is 12.2 Å². The fourth-order valence-corrected chi connectivity index (χ4v) is 2.54. The van der Waals surface area contributed by atoms with Gasteiger partial charge in [-0.1, -0.05) is 13.3 Å². The zero-order valence-electron chi connectivity index (χ0n) is 10.7. The van der Waals surface area contributed by atoms with E-state index in [4.69, 9.17) is 0 Å². The quantitative estimate of drug-likeness (QED) is 0.690. The van der Waals surface area contributed by atoms with Gasteiger partial charge in [0, 0.05) is 32.1 Å². The van der Waals surface area contributed by atoms with Gasteiger partial charge in [-0.2, -0.15) is 0 Å². The van der Waals surface area contributed by atoms with E-state index in [9.17, 15) is 9.90 Å². The summed E-state index contributed by atoms with van der Waals surface area (Å²) in [5, 5.41) is 13.2. The summed E-state index contributed by atoms with van der Waals surface area (Å²) >= 11 is 0. The van der Waals surface area contributed by atoms with Gasteiger partial charge in [0.1, 0.15) is 0 Å². The first-order valence-electron chi connectivity index (χ1n) is 6.88. The third-order valence-corrected chi connectivity index (χ3v) is 3.64. The Balaban J connectivity index is 1.68. The maximum Gasteiger partial charge on any atom is 0.223 e. The first-order chi connectivity index (χ1) is 8.19. The minimum Gasteiger partial charge on any atom is -0.390 e. The molecule has 2 aliphatic rings. The van der Waals surface area contributed by atoms with E-state index < -0.39 is 6.10 Å². The van der Waals surface area contributed by atoms with E-state index in [1.54, 1.807) is 0 Å². The highest BCUT2D eigenvalue weighted by atomic mass is 16.3. The molecule has 2 atom stereocenters. The van der Waals surface area contributed by atoms with Gasteiger partial charge in [-0.3, -0.25) is 4.79 Å². The lowest BCUT2D eigenvalue weighted by atomic mass is 10.0. The normalized spacial score (nSPS) is 26.6. The molecule has 0 aromatic carbocycles. The van der Waals surface area contributed by atoms with Crippen molar-refractivity contribution in [1.82, 2.24) is 10.2 Å². The van der Waals surface area contributed by atoms with Crippen LogP contribution in [0.15, 0.2) is 0 Å². The summed E-state index contributed by atoms with van der Waals surface area (Å²) in [6.07, 6.45) is 4.98. The predicted molar refractivity (Wildman–Crippen MR) is 66.6 cm³/mol. The smallest absolute Gasteiger partial charge is 0.223 e. The van der Waals surface area contributed by atoms with Crippen LogP contribution in [0.5, 0.6) is 0 Å². The summed E-state index contributed by atoms with van der Waals surface area (Å²) in [4.78, 5) is 13.6. The zero-order valence-corrected chi connectivity index (χ0v) is 10.7. The van der Waals surface area contributed by atoms with E-state index in [1.165, 1.54) is 12.8 Å². The fraction of sp³-hybridized carbons (Fsp3) is 0.923. The van der Waals surface area contributed by atoms with Crippen LogP contribution in [0.3, 0.4) is 0 Å². The van der Waals surface area contributed by atoms with Gasteiger partial charge in [-0.15, -0.1) is 0 Å². The molecule has 2 unspecified atom stereocenters. The molecule has 0 radical (unpaired) electrons. The molecule has 1 amide bonds. The number of rotatable bonds is 7. The van der Waals surface area contributed by atoms with Crippen molar-refractivity contribution in [1.29, 1.82) is 0 Å². The molecule has 4 heteroatoms. The van der Waals surface area contributed by atoms with Crippen molar-refractivity contribution in [2.45, 2.75) is 51.2 Å². The predicted octanol–water partition coefficient (Wildman–Crippen LogP) is 0.748. The lowest BCUT2D eigenvalue weighted by molar-refractivity contribution is -0.128. The topological polar surface area (TPSA) is 52.6 Å². The monoisotopic (exact) mass is 240 g/mol. The van der Waals surface area contributed by atoms with Gasteiger partial charge < -0.3 is 15.3 Å². The number of amides is 1. The SMILES string of the molecule is CCCC1CC(=O)N(CC(O)CNC2CC2)C1. The molecule has 2 N–H and O–H groups in total. The van der Waals surface area contributed by atoms with Gasteiger partial charge in [-0.05, 0) is 25.2 Å². The molecule has 1 saturated carbocycles. The maximum atomic E-state index is 11.7. The van der Waals surface area contributed by atoms with Crippen molar-refractivity contribution in [3.05, 3.63) is 0 Å². The Morgan fingerprint density at radius 2 is 2.29 bits per heavy atom. The number of hydrogen-bond acceptors (Lipinski definition) is 3. The minimum absolute atomic E-state index is 0.217. The van der Waals surface area contributed by atoms with E-state index in [0.29, 0.717) is 31.5 Å². The minimum atomic E-state index is -0.417. The number of hydrogen-bond donors (Lipinski definition) is 2. The molecule has 0 aromatic rings. The molecular formula is C13H24N2O2. The van der Waals surface area contributed by atoms with Crippen molar-refractivity contribution in [2.75, 3.05) is 19.6 Å². The first kappa shape index (κ1) is 12.8. The number of nitrogens with one attached hydrogen (secondary N) is 1. The van der Waals surface area contributed by atoms with E-state index in [0.717, 1.165) is 19.4 Å². The Morgan fingerprint density at radius 1 is 1.53 bits per heavy atom. The maximum absolute atomic E-state index is 11.7. The Kier molecular flexibility index (Phi) is 4.40. The van der Waals surface area contributed by atoms with E-state index in [-0.39, 0.29) is 5.91 Å². The number of carbonyl (C=O) groups excluding carboxylic acids is 1. The lowest BCUT2D eigenvalue weighted by Crippen LogP contribution is -2.39. The molecule has 98 valence electrons. The van der Waals surface area contributed by atoms with Gasteiger partial charge in [0.2, 0.25) is 5.91 Å². The molecular weight excluding hydrogens is 216 g/mol. The number of aliphatic hydroxyl groups excluding tert-OH is 1. The van der Waals surface area contributed by atoms with Crippen LogP contribution in [0, 0.1) is 5.92 Å². The van der Waals surface area contributed by atoms with Crippen LogP contribution in [0.2, 0.25) is 0 Å². The van der Waals surface area contributed by atoms with Crippen molar-refractivity contribution in [3.8, 4) is 0 Å². The van der Waals surface area contributed by atoms with Gasteiger partial charge in [0.05, 0.1) is 6.10 Å². The van der Waals surface area contributed by atoms with Crippen molar-refractivity contribution in [2.24, 2.45) is 5.92 Å². The molecule has 1 heterocycles. The zero-order chi connectivity index (χ0) is 12.3. The molecule has 17 heavy (non-hydrogen) atoms. The number of likely N-dealkylation sites (tertiary alicyclic amines) is 1. The highest BCUT2D eigenvalue weighted by Gasteiger charge is 2.30. The number of aliphatic hydroxyl groups is 1. The van der Waals surface area contributed by atoms with Gasteiger partial charge in [0.15, 0.2) is 0 Å². The molecule has 0 spiro atoms. The Hall–Kier alpha value is -0.610. The number of nitrogens with zero attached hydrogens (tertiary/aromatic N) is 1. The van der Waals surface area contributed by atoms with Gasteiger partial charge >= 0.3 is 0 Å². The molecule has 2 rings (SSSR count). The van der Waals surface area contributed by atoms with Gasteiger partial charge in [0.25, 0.3) is 0 Å². The van der Waals surface area contributed by atoms with Crippen LogP contribution >= 0.6 is 0 Å². The third kappa shape index (κ3) is 3.96. The Bertz CT molecular complexity index is 266. The summed E-state index contributed by atoms with van der Waals surface area (Å²) in [6.45, 7) is 4.11. The summed E-state index contributed by atoms with van der Waals surface area (Å²) in [5.41, 5.74) is 0. The van der Waals surface area contributed by atoms with Crippen LogP contribution in [0.1, 0.15) is 39.0 Å². The lowest BCUT2D eigenvalue weighted by Gasteiger charge is -2.21. The van der Waals surface area contributed by atoms with E-state index >= 15 is 0 Å². The second-order valence-electron chi connectivity index (χ2n) is 5.49. The Morgan fingerprint density at radius 3 is 2.94 bits per heavy atom. The summed E-state index contributed by atoms with van der Waals surface area (Å²) in [5.74, 6) is 0.727. The van der Waals surface area contributed by atoms with Crippen LogP contribution in [0.4, 0.5) is 0 Å². The molecule has 1 saturated heterocycles. The second-order valence-corrected chi connectivity index (χ2v) is 5.49. The van der Waals surface area contributed by atoms with Crippen LogP contribution in [0.25, 0.3) is 0 Å². The molecule has 0 aromatic heterocycles. The van der Waals surface area contributed by atoms with E-state index in [1.807, 2.05) is 4.90 Å². The Labute approximate surface area is 103 Å². The molecule has 1 aliphatic carbocycles. The molecule has 1 aliphatic heterocycles. The highest BCUT2D eigenvalue weighted by Crippen LogP contribution is 2.22. The largest absolute Gasteiger partial charge is 0.390 e. The van der Waals surface area contributed by atoms with Crippen molar-refractivity contribution in [3.63, 3.8) is 0 Å². The standard InChI is InChI=1S/C13H24N2O2/c1-2-3-10-6-13(17)15(8-10)9-12(16)7-14-11-4-5-11/h10-12,14,16H,2-9H2,1H3. The average Bonchev–Trinajstić information content (AvgIpc) is 3.04. The van der Waals surface area contributed by atoms with Crippen molar-refractivity contribution < 1.29 is 9.90 Å². The molecule has 4 nitrogen and oxygen atoms in total. The summed E-state index contributed by atoms with van der Waals surface area (Å²) in [6, 6.07) is 0.617. The van der Waals surface area contributed by atoms with Crippen LogP contribution in [-0.2, 0) is 4.79 Å². The summed E-state index contributed by atoms with van der Waals surface area (Å²) < 4.78 is 0. The number of β-amino-alcohol motifs (C(OH)–C–C–N with tert-alkyl or cyclic N) is 1. The van der Waals surface area contributed by atoms with Crippen LogP contribution in [-0.4, -0.2) is 47.7 Å². The third-order valence-electron chi connectivity index (χ3n) is 3.64. The first-order valence-corrected chi connectivity index (χ1v) is 6.88. The van der Waals surface area contributed by atoms with Crippen molar-refractivity contribution >= 4 is 5.91 Å². The second kappa shape index (κ2) is 5.83. The molecule has 2 fully saturated rings. The number of carbonyl (C=O) groups is 1. The van der Waals surface area contributed by atoms with Gasteiger partial charge in [-0.25, -0.2) is 0 Å². The van der Waals surface area contributed by atoms with Crippen LogP contribution < -0.4 is 5.32 Å². The fourth-order valence-electron chi connectivity index (χ4n) is 2.54. The summed E-state index contributed by atoms with van der Waals surface area (Å²) in [7, 11) is 0. The highest BCUT2D eigenvalue weighted by molar-refractivity contribution is 5.78. The molecule has 0 bridgehead atoms.